The van der Waals surface area contributed by atoms with Crippen molar-refractivity contribution in [1.82, 2.24) is 0 Å². The summed E-state index contributed by atoms with van der Waals surface area (Å²) in [5.41, 5.74) is 0.412. The van der Waals surface area contributed by atoms with Crippen LogP contribution in [-0.4, -0.2) is 28.4 Å². The zero-order chi connectivity index (χ0) is 11.7. The minimum absolute atomic E-state index is 0.0605. The largest absolute Gasteiger partial charge is 0.504 e. The van der Waals surface area contributed by atoms with E-state index < -0.39 is 23.2 Å². The summed E-state index contributed by atoms with van der Waals surface area (Å²) in [6, 6.07) is 0. The van der Waals surface area contributed by atoms with Crippen molar-refractivity contribution in [1.29, 1.82) is 0 Å². The molecule has 0 saturated heterocycles. The van der Waals surface area contributed by atoms with E-state index in [0.29, 0.717) is 0 Å². The number of esters is 1. The van der Waals surface area contributed by atoms with E-state index in [0.717, 1.165) is 0 Å². The fraction of sp³-hybridized carbons (Fsp3) is 0.300. The molecule has 1 aromatic carbocycles. The van der Waals surface area contributed by atoms with Crippen molar-refractivity contribution < 1.29 is 24.9 Å². The number of hydrogen-bond donors (Lipinski definition) is 3. The standard InChI is InChI=1S/C10H12O5/c1-4-6(10(14)15-3)5(2)8(12)9(13)7(4)11/h11-13H,1-3H3. The summed E-state index contributed by atoms with van der Waals surface area (Å²) in [7, 11) is 1.20. The molecule has 0 saturated carbocycles. The van der Waals surface area contributed by atoms with Crippen LogP contribution in [0.25, 0.3) is 0 Å². The third-order valence-electron chi connectivity index (χ3n) is 2.30. The molecule has 0 aliphatic carbocycles. The highest BCUT2D eigenvalue weighted by Crippen LogP contribution is 2.42. The fourth-order valence-corrected chi connectivity index (χ4v) is 1.39. The van der Waals surface area contributed by atoms with Crippen LogP contribution in [-0.2, 0) is 4.74 Å². The van der Waals surface area contributed by atoms with Gasteiger partial charge in [0.25, 0.3) is 0 Å². The average molecular weight is 212 g/mol. The lowest BCUT2D eigenvalue weighted by molar-refractivity contribution is 0.0598. The Morgan fingerprint density at radius 1 is 1.00 bits per heavy atom. The Labute approximate surface area is 86.5 Å². The zero-order valence-corrected chi connectivity index (χ0v) is 8.66. The normalized spacial score (nSPS) is 10.1. The monoisotopic (exact) mass is 212 g/mol. The maximum atomic E-state index is 11.3. The van der Waals surface area contributed by atoms with Gasteiger partial charge in [0.1, 0.15) is 0 Å². The van der Waals surface area contributed by atoms with Crippen molar-refractivity contribution in [3.05, 3.63) is 16.7 Å². The second-order valence-corrected chi connectivity index (χ2v) is 3.16. The summed E-state index contributed by atoms with van der Waals surface area (Å²) in [5, 5.41) is 28.1. The molecule has 1 rings (SSSR count). The van der Waals surface area contributed by atoms with Gasteiger partial charge in [-0.2, -0.15) is 0 Å². The molecule has 0 atom stereocenters. The topological polar surface area (TPSA) is 87.0 Å². The molecule has 5 heteroatoms. The second-order valence-electron chi connectivity index (χ2n) is 3.16. The molecular weight excluding hydrogens is 200 g/mol. The molecule has 0 aliphatic rings. The van der Waals surface area contributed by atoms with Gasteiger partial charge in [-0.25, -0.2) is 4.79 Å². The lowest BCUT2D eigenvalue weighted by Crippen LogP contribution is -2.07. The van der Waals surface area contributed by atoms with E-state index in [4.69, 9.17) is 0 Å². The summed E-state index contributed by atoms with van der Waals surface area (Å²) in [6.45, 7) is 2.90. The van der Waals surface area contributed by atoms with Gasteiger partial charge in [0, 0.05) is 11.1 Å². The molecule has 82 valence electrons. The summed E-state index contributed by atoms with van der Waals surface area (Å²) in [5.74, 6) is -2.33. The number of aromatic hydroxyl groups is 3. The number of carbonyl (C=O) groups excluding carboxylic acids is 1. The Morgan fingerprint density at radius 3 is 1.73 bits per heavy atom. The number of phenols is 3. The number of benzene rings is 1. The van der Waals surface area contributed by atoms with Crippen molar-refractivity contribution in [2.24, 2.45) is 0 Å². The summed E-state index contributed by atoms with van der Waals surface area (Å²) in [4.78, 5) is 11.3. The van der Waals surface area contributed by atoms with Crippen molar-refractivity contribution >= 4 is 5.97 Å². The summed E-state index contributed by atoms with van der Waals surface area (Å²) in [6.07, 6.45) is 0. The highest BCUT2D eigenvalue weighted by molar-refractivity contribution is 5.95. The number of hydrogen-bond acceptors (Lipinski definition) is 5. The molecule has 5 nitrogen and oxygen atoms in total. The van der Waals surface area contributed by atoms with Gasteiger partial charge in [-0.3, -0.25) is 0 Å². The predicted molar refractivity (Wildman–Crippen MR) is 52.2 cm³/mol. The molecule has 0 bridgehead atoms. The van der Waals surface area contributed by atoms with Crippen LogP contribution in [0.15, 0.2) is 0 Å². The quantitative estimate of drug-likeness (QED) is 0.481. The number of ether oxygens (including phenoxy) is 1. The molecule has 0 fully saturated rings. The first kappa shape index (κ1) is 11.2. The van der Waals surface area contributed by atoms with Crippen LogP contribution in [0.5, 0.6) is 17.2 Å². The van der Waals surface area contributed by atoms with Crippen LogP contribution < -0.4 is 0 Å². The second kappa shape index (κ2) is 3.68. The zero-order valence-electron chi connectivity index (χ0n) is 8.66. The molecule has 0 radical (unpaired) electrons. The first-order valence-electron chi connectivity index (χ1n) is 4.24. The van der Waals surface area contributed by atoms with E-state index in [2.05, 4.69) is 4.74 Å². The lowest BCUT2D eigenvalue weighted by Gasteiger charge is -2.12. The lowest BCUT2D eigenvalue weighted by atomic mass is 10.00. The molecule has 0 spiro atoms. The van der Waals surface area contributed by atoms with Crippen LogP contribution >= 0.6 is 0 Å². The van der Waals surface area contributed by atoms with E-state index in [1.54, 1.807) is 0 Å². The van der Waals surface area contributed by atoms with Crippen molar-refractivity contribution in [2.75, 3.05) is 7.11 Å². The number of methoxy groups -OCH3 is 1. The molecule has 0 aromatic heterocycles. The third-order valence-corrected chi connectivity index (χ3v) is 2.30. The molecule has 3 N–H and O–H groups in total. The van der Waals surface area contributed by atoms with Crippen molar-refractivity contribution in [2.45, 2.75) is 13.8 Å². The minimum atomic E-state index is -0.671. The average Bonchev–Trinajstić information content (AvgIpc) is 2.23. The van der Waals surface area contributed by atoms with Gasteiger partial charge < -0.3 is 20.1 Å². The Hall–Kier alpha value is -1.91. The van der Waals surface area contributed by atoms with Gasteiger partial charge in [0.05, 0.1) is 12.7 Å². The smallest absolute Gasteiger partial charge is 0.338 e. The van der Waals surface area contributed by atoms with E-state index in [9.17, 15) is 20.1 Å². The predicted octanol–water partition coefficient (Wildman–Crippen LogP) is 1.21. The Morgan fingerprint density at radius 2 is 1.40 bits per heavy atom. The minimum Gasteiger partial charge on any atom is -0.504 e. The summed E-state index contributed by atoms with van der Waals surface area (Å²) < 4.78 is 4.50. The number of carbonyl (C=O) groups is 1. The first-order valence-corrected chi connectivity index (χ1v) is 4.24. The molecule has 15 heavy (non-hydrogen) atoms. The maximum absolute atomic E-state index is 11.3. The van der Waals surface area contributed by atoms with Gasteiger partial charge in [-0.1, -0.05) is 0 Å². The van der Waals surface area contributed by atoms with E-state index in [1.165, 1.54) is 21.0 Å². The van der Waals surface area contributed by atoms with Gasteiger partial charge in [0.15, 0.2) is 11.5 Å². The van der Waals surface area contributed by atoms with Gasteiger partial charge in [-0.15, -0.1) is 0 Å². The Kier molecular flexibility index (Phi) is 2.74. The number of rotatable bonds is 1. The summed E-state index contributed by atoms with van der Waals surface area (Å²) >= 11 is 0. The number of phenolic OH excluding ortho intramolecular Hbond substituents is 3. The van der Waals surface area contributed by atoms with E-state index in [-0.39, 0.29) is 16.7 Å². The molecule has 0 aliphatic heterocycles. The molecule has 0 heterocycles. The molecular formula is C10H12O5. The van der Waals surface area contributed by atoms with Gasteiger partial charge in [-0.05, 0) is 13.8 Å². The first-order chi connectivity index (χ1) is 6.91. The fourth-order valence-electron chi connectivity index (χ4n) is 1.39. The highest BCUT2D eigenvalue weighted by atomic mass is 16.5. The van der Waals surface area contributed by atoms with Crippen molar-refractivity contribution in [3.63, 3.8) is 0 Å². The van der Waals surface area contributed by atoms with Crippen LogP contribution in [0, 0.1) is 13.8 Å². The van der Waals surface area contributed by atoms with Crippen LogP contribution in [0.2, 0.25) is 0 Å². The SMILES string of the molecule is COC(=O)c1c(C)c(O)c(O)c(O)c1C. The highest BCUT2D eigenvalue weighted by Gasteiger charge is 2.23. The molecule has 0 unspecified atom stereocenters. The van der Waals surface area contributed by atoms with Crippen LogP contribution in [0.3, 0.4) is 0 Å². The molecule has 1 aromatic rings. The van der Waals surface area contributed by atoms with Gasteiger partial charge in [0.2, 0.25) is 5.75 Å². The van der Waals surface area contributed by atoms with Gasteiger partial charge >= 0.3 is 5.97 Å². The maximum Gasteiger partial charge on any atom is 0.338 e. The van der Waals surface area contributed by atoms with E-state index in [1.807, 2.05) is 0 Å². The van der Waals surface area contributed by atoms with Crippen molar-refractivity contribution in [3.8, 4) is 17.2 Å². The van der Waals surface area contributed by atoms with Crippen LogP contribution in [0.4, 0.5) is 0 Å². The van der Waals surface area contributed by atoms with E-state index >= 15 is 0 Å². The molecule has 0 amide bonds. The third kappa shape index (κ3) is 1.56. The Bertz CT molecular complexity index is 393. The van der Waals surface area contributed by atoms with Crippen LogP contribution in [0.1, 0.15) is 21.5 Å². The Balaban J connectivity index is 3.60.